The number of rotatable bonds is 1. The summed E-state index contributed by atoms with van der Waals surface area (Å²) in [7, 11) is 0. The molecule has 0 aliphatic rings. The second-order valence-corrected chi connectivity index (χ2v) is 3.64. The predicted molar refractivity (Wildman–Crippen MR) is 60.1 cm³/mol. The molecule has 0 unspecified atom stereocenters. The van der Waals surface area contributed by atoms with Crippen molar-refractivity contribution in [3.05, 3.63) is 51.6 Å². The Labute approximate surface area is 87.5 Å². The minimum absolute atomic E-state index is 0.200. The molecule has 0 saturated carbocycles. The van der Waals surface area contributed by atoms with Gasteiger partial charge in [-0.15, -0.1) is 0 Å². The van der Waals surface area contributed by atoms with Crippen molar-refractivity contribution in [2.75, 3.05) is 0 Å². The highest BCUT2D eigenvalue weighted by atomic mass is 16.6. The number of hydrogen-bond donors (Lipinski definition) is 0. The Kier molecular flexibility index (Phi) is 2.15. The Morgan fingerprint density at radius 1 is 1.13 bits per heavy atom. The van der Waals surface area contributed by atoms with E-state index in [9.17, 15) is 10.1 Å². The maximum atomic E-state index is 10.8. The van der Waals surface area contributed by atoms with E-state index >= 15 is 0 Å². The van der Waals surface area contributed by atoms with Gasteiger partial charge in [0.2, 0.25) is 0 Å². The summed E-state index contributed by atoms with van der Waals surface area (Å²) in [6.45, 7) is 3.69. The Bertz CT molecular complexity index is 547. The summed E-state index contributed by atoms with van der Waals surface area (Å²) in [4.78, 5) is 10.5. The summed E-state index contributed by atoms with van der Waals surface area (Å²) < 4.78 is 0. The Hall–Kier alpha value is -1.90. The van der Waals surface area contributed by atoms with Crippen molar-refractivity contribution >= 4 is 16.5 Å². The topological polar surface area (TPSA) is 43.1 Å². The number of nitro benzene ring substituents is 1. The Morgan fingerprint density at radius 3 is 2.33 bits per heavy atom. The van der Waals surface area contributed by atoms with E-state index in [2.05, 4.69) is 0 Å². The lowest BCUT2D eigenvalue weighted by atomic mass is 9.99. The van der Waals surface area contributed by atoms with E-state index in [1.807, 2.05) is 31.2 Å². The van der Waals surface area contributed by atoms with Crippen LogP contribution in [0.5, 0.6) is 0 Å². The summed E-state index contributed by atoms with van der Waals surface area (Å²) >= 11 is 0. The van der Waals surface area contributed by atoms with E-state index in [0.29, 0.717) is 0 Å². The van der Waals surface area contributed by atoms with Crippen LogP contribution in [0.25, 0.3) is 10.8 Å². The van der Waals surface area contributed by atoms with Gasteiger partial charge in [0.25, 0.3) is 5.69 Å². The lowest BCUT2D eigenvalue weighted by Crippen LogP contribution is -1.94. The Balaban J connectivity index is 2.90. The molecule has 15 heavy (non-hydrogen) atoms. The number of hydrogen-bond acceptors (Lipinski definition) is 2. The zero-order chi connectivity index (χ0) is 11.0. The van der Waals surface area contributed by atoms with Crippen LogP contribution in [0.2, 0.25) is 0 Å². The molecule has 0 aliphatic heterocycles. The van der Waals surface area contributed by atoms with Crippen LogP contribution in [0.4, 0.5) is 5.69 Å². The number of aryl methyl sites for hydroxylation is 2. The first kappa shape index (κ1) is 9.65. The molecule has 3 nitrogen and oxygen atoms in total. The molecule has 0 radical (unpaired) electrons. The van der Waals surface area contributed by atoms with Gasteiger partial charge < -0.3 is 0 Å². The smallest absolute Gasteiger partial charge is 0.258 e. The first-order chi connectivity index (χ1) is 7.11. The largest absolute Gasteiger partial charge is 0.273 e. The van der Waals surface area contributed by atoms with E-state index in [1.54, 1.807) is 13.0 Å². The molecule has 0 amide bonds. The van der Waals surface area contributed by atoms with Crippen LogP contribution >= 0.6 is 0 Å². The molecule has 0 N–H and O–H groups in total. The third kappa shape index (κ3) is 1.46. The molecule has 2 aromatic rings. The van der Waals surface area contributed by atoms with Crippen molar-refractivity contribution < 1.29 is 4.92 Å². The summed E-state index contributed by atoms with van der Waals surface area (Å²) in [5, 5.41) is 12.9. The molecule has 3 heteroatoms. The molecule has 2 rings (SSSR count). The molecule has 0 bridgehead atoms. The van der Waals surface area contributed by atoms with Crippen LogP contribution < -0.4 is 0 Å². The van der Waals surface area contributed by atoms with E-state index in [0.717, 1.165) is 21.9 Å². The molecular formula is C12H11NO2. The minimum Gasteiger partial charge on any atom is -0.258 e. The Morgan fingerprint density at radius 2 is 1.73 bits per heavy atom. The van der Waals surface area contributed by atoms with E-state index < -0.39 is 0 Å². The standard InChI is InChI=1S/C12H11NO2/c1-8-7-12(13(14)15)9(2)11-6-4-3-5-10(8)11/h3-7H,1-2H3. The number of fused-ring (bicyclic) bond motifs is 1. The highest BCUT2D eigenvalue weighted by molar-refractivity contribution is 5.91. The van der Waals surface area contributed by atoms with Crippen LogP contribution in [-0.4, -0.2) is 4.92 Å². The molecule has 2 aromatic carbocycles. The summed E-state index contributed by atoms with van der Waals surface area (Å²) in [5.74, 6) is 0. The highest BCUT2D eigenvalue weighted by Crippen LogP contribution is 2.29. The lowest BCUT2D eigenvalue weighted by molar-refractivity contribution is -0.385. The van der Waals surface area contributed by atoms with Crippen LogP contribution in [0.3, 0.4) is 0 Å². The van der Waals surface area contributed by atoms with Crippen LogP contribution in [0.1, 0.15) is 11.1 Å². The fourth-order valence-corrected chi connectivity index (χ4v) is 1.87. The quantitative estimate of drug-likeness (QED) is 0.524. The van der Waals surface area contributed by atoms with Gasteiger partial charge in [-0.05, 0) is 30.2 Å². The molecule has 76 valence electrons. The van der Waals surface area contributed by atoms with Gasteiger partial charge in [0.05, 0.1) is 4.92 Å². The van der Waals surface area contributed by atoms with Crippen LogP contribution in [-0.2, 0) is 0 Å². The van der Waals surface area contributed by atoms with Gasteiger partial charge in [0.1, 0.15) is 0 Å². The molecule has 0 heterocycles. The molecule has 0 fully saturated rings. The highest BCUT2D eigenvalue weighted by Gasteiger charge is 2.14. The molecule has 0 atom stereocenters. The van der Waals surface area contributed by atoms with Crippen LogP contribution in [0.15, 0.2) is 30.3 Å². The number of nitrogens with zero attached hydrogens (tertiary/aromatic N) is 1. The first-order valence-electron chi connectivity index (χ1n) is 4.74. The van der Waals surface area contributed by atoms with Crippen molar-refractivity contribution in [3.63, 3.8) is 0 Å². The van der Waals surface area contributed by atoms with Crippen molar-refractivity contribution in [2.45, 2.75) is 13.8 Å². The van der Waals surface area contributed by atoms with Gasteiger partial charge in [0, 0.05) is 11.6 Å². The van der Waals surface area contributed by atoms with E-state index in [1.165, 1.54) is 0 Å². The van der Waals surface area contributed by atoms with Crippen molar-refractivity contribution in [3.8, 4) is 0 Å². The number of benzene rings is 2. The zero-order valence-corrected chi connectivity index (χ0v) is 8.65. The summed E-state index contributed by atoms with van der Waals surface area (Å²) in [6, 6.07) is 9.39. The minimum atomic E-state index is -0.325. The van der Waals surface area contributed by atoms with Gasteiger partial charge in [-0.1, -0.05) is 24.3 Å². The SMILES string of the molecule is Cc1cc([N+](=O)[O-])c(C)c2ccccc12. The monoisotopic (exact) mass is 201 g/mol. The summed E-state index contributed by atoms with van der Waals surface area (Å²) in [5.41, 5.74) is 1.88. The lowest BCUT2D eigenvalue weighted by Gasteiger charge is -2.05. The van der Waals surface area contributed by atoms with Gasteiger partial charge in [-0.2, -0.15) is 0 Å². The molecule has 0 saturated heterocycles. The van der Waals surface area contributed by atoms with Gasteiger partial charge in [-0.25, -0.2) is 0 Å². The third-order valence-electron chi connectivity index (χ3n) is 2.69. The third-order valence-corrected chi connectivity index (χ3v) is 2.69. The average molecular weight is 201 g/mol. The zero-order valence-electron chi connectivity index (χ0n) is 8.65. The predicted octanol–water partition coefficient (Wildman–Crippen LogP) is 3.36. The van der Waals surface area contributed by atoms with Gasteiger partial charge >= 0.3 is 0 Å². The fraction of sp³-hybridized carbons (Fsp3) is 0.167. The maximum absolute atomic E-state index is 10.8. The molecule has 0 spiro atoms. The molecule has 0 aliphatic carbocycles. The van der Waals surface area contributed by atoms with E-state index in [-0.39, 0.29) is 10.6 Å². The second kappa shape index (κ2) is 3.35. The second-order valence-electron chi connectivity index (χ2n) is 3.64. The van der Waals surface area contributed by atoms with E-state index in [4.69, 9.17) is 0 Å². The fourth-order valence-electron chi connectivity index (χ4n) is 1.87. The molecule has 0 aromatic heterocycles. The van der Waals surface area contributed by atoms with Crippen molar-refractivity contribution in [1.82, 2.24) is 0 Å². The van der Waals surface area contributed by atoms with Gasteiger partial charge in [0.15, 0.2) is 0 Å². The molecular weight excluding hydrogens is 190 g/mol. The maximum Gasteiger partial charge on any atom is 0.273 e. The van der Waals surface area contributed by atoms with Crippen molar-refractivity contribution in [2.24, 2.45) is 0 Å². The van der Waals surface area contributed by atoms with Crippen LogP contribution in [0, 0.1) is 24.0 Å². The summed E-state index contributed by atoms with van der Waals surface area (Å²) in [6.07, 6.45) is 0. The number of nitro groups is 1. The van der Waals surface area contributed by atoms with Crippen molar-refractivity contribution in [1.29, 1.82) is 0 Å². The normalized spacial score (nSPS) is 10.5. The average Bonchev–Trinajstić information content (AvgIpc) is 2.23. The van der Waals surface area contributed by atoms with Gasteiger partial charge in [-0.3, -0.25) is 10.1 Å². The first-order valence-corrected chi connectivity index (χ1v) is 4.74.